The van der Waals surface area contributed by atoms with Gasteiger partial charge in [-0.1, -0.05) is 19.6 Å². The van der Waals surface area contributed by atoms with E-state index in [1.165, 1.54) is 0 Å². The van der Waals surface area contributed by atoms with Crippen LogP contribution in [0.25, 0.3) is 0 Å². The highest BCUT2D eigenvalue weighted by atomic mass is 14.8. The van der Waals surface area contributed by atoms with Crippen molar-refractivity contribution < 1.29 is 0 Å². The van der Waals surface area contributed by atoms with Crippen LogP contribution in [0.3, 0.4) is 0 Å². The van der Waals surface area contributed by atoms with Crippen molar-refractivity contribution in [2.24, 2.45) is 15.9 Å². The van der Waals surface area contributed by atoms with Gasteiger partial charge in [-0.2, -0.15) is 0 Å². The van der Waals surface area contributed by atoms with E-state index >= 15 is 0 Å². The molecule has 1 aliphatic rings. The van der Waals surface area contributed by atoms with Gasteiger partial charge in [0.2, 0.25) is 0 Å². The first-order chi connectivity index (χ1) is 5.27. The Morgan fingerprint density at radius 1 is 1.82 bits per heavy atom. The fourth-order valence-electron chi connectivity index (χ4n) is 1.03. The fraction of sp³-hybridized carbons (Fsp3) is 0.333. The summed E-state index contributed by atoms with van der Waals surface area (Å²) in [5.41, 5.74) is 1.72. The maximum atomic E-state index is 4.28. The lowest BCUT2D eigenvalue weighted by Crippen LogP contribution is -2.09. The molecule has 58 valence electrons. The van der Waals surface area contributed by atoms with Crippen LogP contribution >= 0.6 is 0 Å². The van der Waals surface area contributed by atoms with Gasteiger partial charge in [0, 0.05) is 6.54 Å². The minimum absolute atomic E-state index is 0.471. The third-order valence-electron chi connectivity index (χ3n) is 1.62. The molecule has 0 bridgehead atoms. The zero-order valence-corrected chi connectivity index (χ0v) is 6.75. The standard InChI is InChI=1S/C9H12N2/c1-4-8-9(10-3)5-7(2)6-11-8/h4-5,7H,1,3,6H2,2H3. The summed E-state index contributed by atoms with van der Waals surface area (Å²) in [6.45, 7) is 10.1. The Bertz CT molecular complexity index is 236. The first-order valence-electron chi connectivity index (χ1n) is 3.63. The molecular weight excluding hydrogens is 136 g/mol. The monoisotopic (exact) mass is 148 g/mol. The zero-order valence-electron chi connectivity index (χ0n) is 6.75. The molecule has 0 fully saturated rings. The van der Waals surface area contributed by atoms with Gasteiger partial charge < -0.3 is 0 Å². The quantitative estimate of drug-likeness (QED) is 0.534. The van der Waals surface area contributed by atoms with E-state index in [0.717, 1.165) is 18.0 Å². The number of aliphatic imine (C=N–C) groups is 2. The minimum Gasteiger partial charge on any atom is -0.283 e. The molecule has 2 nitrogen and oxygen atoms in total. The molecule has 1 unspecified atom stereocenters. The van der Waals surface area contributed by atoms with Gasteiger partial charge in [-0.05, 0) is 18.7 Å². The molecule has 0 N–H and O–H groups in total. The van der Waals surface area contributed by atoms with Crippen LogP contribution in [-0.2, 0) is 0 Å². The lowest BCUT2D eigenvalue weighted by Gasteiger charge is -2.12. The second-order valence-electron chi connectivity index (χ2n) is 2.62. The molecule has 0 aromatic rings. The third kappa shape index (κ3) is 1.64. The van der Waals surface area contributed by atoms with Gasteiger partial charge in [-0.3, -0.25) is 9.98 Å². The van der Waals surface area contributed by atoms with E-state index in [2.05, 4.69) is 36.3 Å². The third-order valence-corrected chi connectivity index (χ3v) is 1.62. The molecule has 0 aromatic carbocycles. The molecule has 1 atom stereocenters. The maximum Gasteiger partial charge on any atom is 0.0837 e. The number of hydrogen-bond donors (Lipinski definition) is 0. The van der Waals surface area contributed by atoms with E-state index in [4.69, 9.17) is 0 Å². The Kier molecular flexibility index (Phi) is 2.36. The van der Waals surface area contributed by atoms with Crippen molar-refractivity contribution in [3.05, 3.63) is 24.4 Å². The second-order valence-corrected chi connectivity index (χ2v) is 2.62. The molecule has 1 rings (SSSR count). The van der Waals surface area contributed by atoms with E-state index in [-0.39, 0.29) is 0 Å². The molecule has 11 heavy (non-hydrogen) atoms. The molecule has 1 aliphatic heterocycles. The lowest BCUT2D eigenvalue weighted by atomic mass is 10.1. The highest BCUT2D eigenvalue weighted by Crippen LogP contribution is 2.13. The van der Waals surface area contributed by atoms with Gasteiger partial charge in [-0.15, -0.1) is 0 Å². The van der Waals surface area contributed by atoms with Crippen molar-refractivity contribution in [3.8, 4) is 0 Å². The molecule has 0 radical (unpaired) electrons. The van der Waals surface area contributed by atoms with Crippen LogP contribution in [0, 0.1) is 5.92 Å². The summed E-state index contributed by atoms with van der Waals surface area (Å²) in [6, 6.07) is 0. The summed E-state index contributed by atoms with van der Waals surface area (Å²) < 4.78 is 0. The highest BCUT2D eigenvalue weighted by molar-refractivity contribution is 6.08. The van der Waals surface area contributed by atoms with Crippen molar-refractivity contribution in [3.63, 3.8) is 0 Å². The van der Waals surface area contributed by atoms with E-state index in [1.807, 2.05) is 0 Å². The SMILES string of the molecule is C=CC1=NCC(C)C=C1N=C. The molecular formula is C9H12N2. The average Bonchev–Trinajstić information content (AvgIpc) is 2.04. The molecule has 0 amide bonds. The van der Waals surface area contributed by atoms with E-state index in [0.29, 0.717) is 5.92 Å². The molecule has 0 saturated heterocycles. The summed E-state index contributed by atoms with van der Waals surface area (Å²) in [6.07, 6.45) is 3.78. The van der Waals surface area contributed by atoms with E-state index in [9.17, 15) is 0 Å². The highest BCUT2D eigenvalue weighted by Gasteiger charge is 2.09. The van der Waals surface area contributed by atoms with Crippen molar-refractivity contribution in [2.45, 2.75) is 6.92 Å². The first-order valence-corrected chi connectivity index (χ1v) is 3.63. The van der Waals surface area contributed by atoms with E-state index < -0.39 is 0 Å². The molecule has 0 spiro atoms. The summed E-state index contributed by atoms with van der Waals surface area (Å²) >= 11 is 0. The Hall–Kier alpha value is -1.18. The predicted octanol–water partition coefficient (Wildman–Crippen LogP) is 1.85. The van der Waals surface area contributed by atoms with Crippen LogP contribution in [0.5, 0.6) is 0 Å². The smallest absolute Gasteiger partial charge is 0.0837 e. The zero-order chi connectivity index (χ0) is 8.27. The van der Waals surface area contributed by atoms with Gasteiger partial charge in [-0.25, -0.2) is 0 Å². The summed E-state index contributed by atoms with van der Waals surface area (Å²) in [4.78, 5) is 8.14. The van der Waals surface area contributed by atoms with Crippen molar-refractivity contribution in [2.75, 3.05) is 6.54 Å². The van der Waals surface area contributed by atoms with Crippen molar-refractivity contribution in [1.82, 2.24) is 0 Å². The Morgan fingerprint density at radius 3 is 3.09 bits per heavy atom. The van der Waals surface area contributed by atoms with Crippen molar-refractivity contribution in [1.29, 1.82) is 0 Å². The lowest BCUT2D eigenvalue weighted by molar-refractivity contribution is 0.727. The molecule has 1 heterocycles. The molecule has 0 aliphatic carbocycles. The Labute approximate surface area is 67.1 Å². The molecule has 2 heteroatoms. The van der Waals surface area contributed by atoms with Gasteiger partial charge in [0.15, 0.2) is 0 Å². The summed E-state index contributed by atoms with van der Waals surface area (Å²) in [5, 5.41) is 0. The number of dihydropyridines is 1. The van der Waals surface area contributed by atoms with Crippen LogP contribution < -0.4 is 0 Å². The van der Waals surface area contributed by atoms with Crippen LogP contribution in [0.1, 0.15) is 6.92 Å². The Balaban J connectivity index is 2.90. The van der Waals surface area contributed by atoms with Crippen molar-refractivity contribution >= 4 is 12.4 Å². The summed E-state index contributed by atoms with van der Waals surface area (Å²) in [5.74, 6) is 0.471. The predicted molar refractivity (Wildman–Crippen MR) is 49.3 cm³/mol. The van der Waals surface area contributed by atoms with Gasteiger partial charge in [0.05, 0.1) is 11.4 Å². The maximum absolute atomic E-state index is 4.28. The number of nitrogens with zero attached hydrogens (tertiary/aromatic N) is 2. The number of hydrogen-bond acceptors (Lipinski definition) is 2. The van der Waals surface area contributed by atoms with Crippen LogP contribution in [-0.4, -0.2) is 19.0 Å². The Morgan fingerprint density at radius 2 is 2.55 bits per heavy atom. The number of rotatable bonds is 2. The average molecular weight is 148 g/mol. The molecule has 0 aromatic heterocycles. The number of allylic oxidation sites excluding steroid dienone is 1. The normalized spacial score (nSPS) is 23.5. The van der Waals surface area contributed by atoms with E-state index in [1.54, 1.807) is 6.08 Å². The van der Waals surface area contributed by atoms with Crippen LogP contribution in [0.15, 0.2) is 34.4 Å². The fourth-order valence-corrected chi connectivity index (χ4v) is 1.03. The van der Waals surface area contributed by atoms with Gasteiger partial charge >= 0.3 is 0 Å². The topological polar surface area (TPSA) is 24.7 Å². The summed E-state index contributed by atoms with van der Waals surface area (Å²) in [7, 11) is 0. The molecule has 0 saturated carbocycles. The van der Waals surface area contributed by atoms with Gasteiger partial charge in [0.1, 0.15) is 0 Å². The second kappa shape index (κ2) is 3.28. The minimum atomic E-state index is 0.471. The largest absolute Gasteiger partial charge is 0.283 e. The first kappa shape index (κ1) is 7.92. The van der Waals surface area contributed by atoms with Crippen LogP contribution in [0.2, 0.25) is 0 Å². The van der Waals surface area contributed by atoms with Gasteiger partial charge in [0.25, 0.3) is 0 Å². The van der Waals surface area contributed by atoms with Crippen LogP contribution in [0.4, 0.5) is 0 Å².